The quantitative estimate of drug-likeness (QED) is 0.755. The van der Waals surface area contributed by atoms with Crippen LogP contribution in [0.15, 0.2) is 36.5 Å². The van der Waals surface area contributed by atoms with E-state index >= 15 is 0 Å². The summed E-state index contributed by atoms with van der Waals surface area (Å²) in [5.74, 6) is 0. The van der Waals surface area contributed by atoms with Crippen LogP contribution in [-0.2, 0) is 0 Å². The van der Waals surface area contributed by atoms with Gasteiger partial charge in [-0.25, -0.2) is 0 Å². The molecule has 0 aliphatic rings. The van der Waals surface area contributed by atoms with E-state index in [1.54, 1.807) is 12.3 Å². The van der Waals surface area contributed by atoms with Crippen molar-refractivity contribution in [1.29, 1.82) is 0 Å². The molecule has 0 bridgehead atoms. The summed E-state index contributed by atoms with van der Waals surface area (Å²) < 4.78 is 0. The number of hydrogen-bond donors (Lipinski definition) is 2. The summed E-state index contributed by atoms with van der Waals surface area (Å²) in [5.41, 5.74) is 2.78. The SMILES string of the molecule is Cc1ccc(C(O)c2ccn[nH]2)cc1. The van der Waals surface area contributed by atoms with Crippen molar-refractivity contribution in [1.82, 2.24) is 10.2 Å². The molecule has 2 aromatic rings. The van der Waals surface area contributed by atoms with Crippen molar-refractivity contribution in [2.24, 2.45) is 0 Å². The van der Waals surface area contributed by atoms with E-state index in [1.165, 1.54) is 5.56 Å². The molecule has 0 saturated heterocycles. The second kappa shape index (κ2) is 3.64. The van der Waals surface area contributed by atoms with Crippen molar-refractivity contribution in [3.05, 3.63) is 53.3 Å². The summed E-state index contributed by atoms with van der Waals surface area (Å²) in [6.45, 7) is 2.02. The van der Waals surface area contributed by atoms with E-state index in [2.05, 4.69) is 10.2 Å². The van der Waals surface area contributed by atoms with Gasteiger partial charge in [-0.2, -0.15) is 5.10 Å². The smallest absolute Gasteiger partial charge is 0.120 e. The first-order valence-corrected chi connectivity index (χ1v) is 4.51. The summed E-state index contributed by atoms with van der Waals surface area (Å²) in [6, 6.07) is 9.57. The molecule has 0 fully saturated rings. The van der Waals surface area contributed by atoms with Crippen molar-refractivity contribution in [2.75, 3.05) is 0 Å². The van der Waals surface area contributed by atoms with Crippen molar-refractivity contribution >= 4 is 0 Å². The summed E-state index contributed by atoms with van der Waals surface area (Å²) in [4.78, 5) is 0. The zero-order chi connectivity index (χ0) is 9.97. The fraction of sp³-hybridized carbons (Fsp3) is 0.182. The van der Waals surface area contributed by atoms with Crippen LogP contribution in [0.25, 0.3) is 0 Å². The minimum atomic E-state index is -0.613. The Labute approximate surface area is 82.4 Å². The zero-order valence-corrected chi connectivity index (χ0v) is 7.94. The highest BCUT2D eigenvalue weighted by molar-refractivity contribution is 5.27. The third-order valence-electron chi connectivity index (χ3n) is 2.21. The Morgan fingerprint density at radius 1 is 1.21 bits per heavy atom. The zero-order valence-electron chi connectivity index (χ0n) is 7.94. The lowest BCUT2D eigenvalue weighted by atomic mass is 10.1. The van der Waals surface area contributed by atoms with Crippen molar-refractivity contribution < 1.29 is 5.11 Å². The monoisotopic (exact) mass is 188 g/mol. The van der Waals surface area contributed by atoms with E-state index in [-0.39, 0.29) is 0 Å². The number of aromatic nitrogens is 2. The van der Waals surface area contributed by atoms with Gasteiger partial charge >= 0.3 is 0 Å². The topological polar surface area (TPSA) is 48.9 Å². The van der Waals surface area contributed by atoms with E-state index in [1.807, 2.05) is 31.2 Å². The Hall–Kier alpha value is -1.61. The maximum Gasteiger partial charge on any atom is 0.120 e. The second-order valence-corrected chi connectivity index (χ2v) is 3.33. The summed E-state index contributed by atoms with van der Waals surface area (Å²) in [6.07, 6.45) is 1.02. The number of nitrogens with zero attached hydrogens (tertiary/aromatic N) is 1. The average Bonchev–Trinajstić information content (AvgIpc) is 2.71. The average molecular weight is 188 g/mol. The van der Waals surface area contributed by atoms with Crippen LogP contribution in [0, 0.1) is 6.92 Å². The summed E-state index contributed by atoms with van der Waals surface area (Å²) in [7, 11) is 0. The first-order valence-electron chi connectivity index (χ1n) is 4.51. The number of rotatable bonds is 2. The lowest BCUT2D eigenvalue weighted by Gasteiger charge is -2.08. The molecule has 0 aliphatic heterocycles. The molecule has 14 heavy (non-hydrogen) atoms. The number of aromatic amines is 1. The van der Waals surface area contributed by atoms with E-state index in [9.17, 15) is 5.11 Å². The maximum absolute atomic E-state index is 9.90. The first-order chi connectivity index (χ1) is 6.77. The predicted octanol–water partition coefficient (Wildman–Crippen LogP) is 1.80. The van der Waals surface area contributed by atoms with E-state index in [4.69, 9.17) is 0 Å². The van der Waals surface area contributed by atoms with Gasteiger partial charge in [0.1, 0.15) is 6.10 Å². The van der Waals surface area contributed by atoms with Gasteiger partial charge in [0.25, 0.3) is 0 Å². The van der Waals surface area contributed by atoms with Crippen LogP contribution in [0.4, 0.5) is 0 Å². The van der Waals surface area contributed by atoms with Gasteiger partial charge in [-0.1, -0.05) is 29.8 Å². The van der Waals surface area contributed by atoms with Gasteiger partial charge in [-0.15, -0.1) is 0 Å². The molecule has 0 radical (unpaired) electrons. The second-order valence-electron chi connectivity index (χ2n) is 3.33. The van der Waals surface area contributed by atoms with Gasteiger partial charge in [0, 0.05) is 6.20 Å². The number of aliphatic hydroxyl groups is 1. The number of H-pyrrole nitrogens is 1. The van der Waals surface area contributed by atoms with Gasteiger partial charge in [0.15, 0.2) is 0 Å². The Morgan fingerprint density at radius 3 is 2.50 bits per heavy atom. The molecule has 1 atom stereocenters. The van der Waals surface area contributed by atoms with Crippen LogP contribution in [0.2, 0.25) is 0 Å². The third kappa shape index (κ3) is 1.67. The molecule has 1 unspecified atom stereocenters. The molecule has 72 valence electrons. The lowest BCUT2D eigenvalue weighted by molar-refractivity contribution is 0.215. The van der Waals surface area contributed by atoms with Gasteiger partial charge in [-0.3, -0.25) is 5.10 Å². The van der Waals surface area contributed by atoms with Crippen LogP contribution >= 0.6 is 0 Å². The van der Waals surface area contributed by atoms with Gasteiger partial charge in [0.2, 0.25) is 0 Å². The number of aryl methyl sites for hydroxylation is 1. The number of benzene rings is 1. The normalized spacial score (nSPS) is 12.7. The first kappa shape index (κ1) is 8.97. The fourth-order valence-electron chi connectivity index (χ4n) is 1.35. The maximum atomic E-state index is 9.90. The molecule has 3 nitrogen and oxygen atoms in total. The molecule has 1 aromatic carbocycles. The highest BCUT2D eigenvalue weighted by Gasteiger charge is 2.10. The van der Waals surface area contributed by atoms with Crippen molar-refractivity contribution in [2.45, 2.75) is 13.0 Å². The van der Waals surface area contributed by atoms with E-state index < -0.39 is 6.10 Å². The predicted molar refractivity (Wildman–Crippen MR) is 53.8 cm³/mol. The molecule has 0 spiro atoms. The molecule has 0 amide bonds. The van der Waals surface area contributed by atoms with Crippen LogP contribution in [0.1, 0.15) is 22.9 Å². The van der Waals surface area contributed by atoms with E-state index in [0.717, 1.165) is 5.56 Å². The minimum absolute atomic E-state index is 0.613. The van der Waals surface area contributed by atoms with Crippen LogP contribution in [0.5, 0.6) is 0 Å². The van der Waals surface area contributed by atoms with Crippen molar-refractivity contribution in [3.63, 3.8) is 0 Å². The van der Waals surface area contributed by atoms with Crippen LogP contribution < -0.4 is 0 Å². The van der Waals surface area contributed by atoms with Crippen molar-refractivity contribution in [3.8, 4) is 0 Å². The number of aliphatic hydroxyl groups excluding tert-OH is 1. The van der Waals surface area contributed by atoms with Gasteiger partial charge < -0.3 is 5.11 Å². The Kier molecular flexibility index (Phi) is 2.33. The minimum Gasteiger partial charge on any atom is -0.382 e. The summed E-state index contributed by atoms with van der Waals surface area (Å²) >= 11 is 0. The molecule has 3 heteroatoms. The number of hydrogen-bond acceptors (Lipinski definition) is 2. The highest BCUT2D eigenvalue weighted by atomic mass is 16.3. The molecule has 0 saturated carbocycles. The Balaban J connectivity index is 2.28. The third-order valence-corrected chi connectivity index (χ3v) is 2.21. The standard InChI is InChI=1S/C11H12N2O/c1-8-2-4-9(5-3-8)11(14)10-6-7-12-13-10/h2-7,11,14H,1H3,(H,12,13). The largest absolute Gasteiger partial charge is 0.382 e. The molecule has 1 aromatic heterocycles. The van der Waals surface area contributed by atoms with E-state index in [0.29, 0.717) is 5.69 Å². The highest BCUT2D eigenvalue weighted by Crippen LogP contribution is 2.19. The van der Waals surface area contributed by atoms with Gasteiger partial charge in [0.05, 0.1) is 5.69 Å². The Bertz CT molecular complexity index is 392. The fourth-order valence-corrected chi connectivity index (χ4v) is 1.35. The molecule has 0 aliphatic carbocycles. The van der Waals surface area contributed by atoms with Crippen LogP contribution in [-0.4, -0.2) is 15.3 Å². The molecule has 2 rings (SSSR count). The lowest BCUT2D eigenvalue weighted by Crippen LogP contribution is -1.99. The molecule has 1 heterocycles. The van der Waals surface area contributed by atoms with Crippen LogP contribution in [0.3, 0.4) is 0 Å². The Morgan fingerprint density at radius 2 is 1.93 bits per heavy atom. The molecular weight excluding hydrogens is 176 g/mol. The summed E-state index contributed by atoms with van der Waals surface area (Å²) in [5, 5.41) is 16.5. The molecule has 2 N–H and O–H groups in total. The number of nitrogens with one attached hydrogen (secondary N) is 1. The molecular formula is C11H12N2O. The van der Waals surface area contributed by atoms with Gasteiger partial charge in [-0.05, 0) is 18.6 Å².